The molecule has 22 heavy (non-hydrogen) atoms. The van der Waals surface area contributed by atoms with Crippen LogP contribution in [0.2, 0.25) is 0 Å². The molecule has 0 saturated heterocycles. The van der Waals surface area contributed by atoms with E-state index >= 15 is 0 Å². The largest absolute Gasteiger partial charge is 3.00 e. The maximum absolute atomic E-state index is 5.33. The second-order valence-corrected chi connectivity index (χ2v) is 5.26. The first kappa shape index (κ1) is 23.1. The second kappa shape index (κ2) is 14.7. The van der Waals surface area contributed by atoms with Crippen LogP contribution in [0.5, 0.6) is 0 Å². The van der Waals surface area contributed by atoms with Crippen molar-refractivity contribution in [2.45, 2.75) is 47.5 Å². The van der Waals surface area contributed by atoms with E-state index in [1.54, 1.807) is 0 Å². The third kappa shape index (κ3) is 13.8. The van der Waals surface area contributed by atoms with Crippen LogP contribution < -0.4 is 0 Å². The number of hydrogen-bond donors (Lipinski definition) is 0. The SMILES string of the molecule is CC[c-]1cccc1.CC[c-]1cccc1.[CH-]=C(C)C=C(C)C.[Ru+3]. The van der Waals surface area contributed by atoms with Crippen LogP contribution in [0.15, 0.2) is 65.8 Å². The van der Waals surface area contributed by atoms with Crippen LogP contribution in [0.3, 0.4) is 0 Å². The topological polar surface area (TPSA) is 0 Å². The summed E-state index contributed by atoms with van der Waals surface area (Å²) in [5.41, 5.74) is 4.99. The van der Waals surface area contributed by atoms with Gasteiger partial charge in [-0.1, -0.05) is 47.5 Å². The predicted octanol–water partition coefficient (Wildman–Crippen LogP) is 6.27. The van der Waals surface area contributed by atoms with Gasteiger partial charge < -0.3 is 0 Å². The van der Waals surface area contributed by atoms with Gasteiger partial charge >= 0.3 is 19.5 Å². The number of allylic oxidation sites excluding steroid dienone is 3. The molecule has 0 nitrogen and oxygen atoms in total. The third-order valence-corrected chi connectivity index (χ3v) is 2.80. The standard InChI is InChI=1S/2C7H9.C7H11.Ru/c2*1-2-7-5-3-4-6-7;1-6(2)5-7(3)4;/h2*3-6H,2H2,1H3;1,5H,2-4H3;/q3*-1;+3. The second-order valence-electron chi connectivity index (χ2n) is 5.26. The Morgan fingerprint density at radius 1 is 0.818 bits per heavy atom. The van der Waals surface area contributed by atoms with E-state index in [-0.39, 0.29) is 19.5 Å². The summed E-state index contributed by atoms with van der Waals surface area (Å²) in [5, 5.41) is 0. The van der Waals surface area contributed by atoms with Gasteiger partial charge in [0.05, 0.1) is 0 Å². The van der Waals surface area contributed by atoms with Gasteiger partial charge in [0, 0.05) is 0 Å². The maximum atomic E-state index is 5.33. The molecule has 0 bridgehead atoms. The molecular weight excluding hydrogens is 353 g/mol. The van der Waals surface area contributed by atoms with Crippen molar-refractivity contribution in [2.75, 3.05) is 0 Å². The molecule has 2 aromatic rings. The molecule has 121 valence electrons. The van der Waals surface area contributed by atoms with Crippen LogP contribution in [-0.2, 0) is 32.3 Å². The first-order valence-corrected chi connectivity index (χ1v) is 7.64. The quantitative estimate of drug-likeness (QED) is 0.334. The Kier molecular flexibility index (Phi) is 15.4. The van der Waals surface area contributed by atoms with Gasteiger partial charge in [0.25, 0.3) is 0 Å². The minimum Gasteiger partial charge on any atom is -0.290 e. The van der Waals surface area contributed by atoms with Crippen LogP contribution in [0.1, 0.15) is 45.7 Å². The van der Waals surface area contributed by atoms with Gasteiger partial charge in [-0.05, 0) is 0 Å². The van der Waals surface area contributed by atoms with Crippen molar-refractivity contribution < 1.29 is 19.5 Å². The Hall–Kier alpha value is -1.20. The van der Waals surface area contributed by atoms with E-state index in [1.165, 1.54) is 16.7 Å². The van der Waals surface area contributed by atoms with Crippen molar-refractivity contribution >= 4 is 0 Å². The molecule has 0 aliphatic rings. The molecule has 1 radical (unpaired) electrons. The molecule has 0 fully saturated rings. The van der Waals surface area contributed by atoms with E-state index in [0.29, 0.717) is 0 Å². The monoisotopic (exact) mass is 383 g/mol. The zero-order valence-corrected chi connectivity index (χ0v) is 16.3. The molecule has 2 rings (SSSR count). The number of aryl methyl sites for hydroxylation is 2. The average molecular weight is 383 g/mol. The molecule has 0 aliphatic carbocycles. The van der Waals surface area contributed by atoms with E-state index in [4.69, 9.17) is 6.58 Å². The summed E-state index contributed by atoms with van der Waals surface area (Å²) in [7, 11) is 0. The fourth-order valence-corrected chi connectivity index (χ4v) is 1.75. The first-order chi connectivity index (χ1) is 9.99. The van der Waals surface area contributed by atoms with Crippen molar-refractivity contribution in [3.05, 3.63) is 83.5 Å². The van der Waals surface area contributed by atoms with Crippen molar-refractivity contribution in [1.29, 1.82) is 0 Å². The zero-order chi connectivity index (χ0) is 16.1. The first-order valence-electron chi connectivity index (χ1n) is 7.64. The summed E-state index contributed by atoms with van der Waals surface area (Å²) in [5.74, 6) is 0. The van der Waals surface area contributed by atoms with E-state index in [1.807, 2.05) is 26.8 Å². The zero-order valence-electron chi connectivity index (χ0n) is 14.5. The van der Waals surface area contributed by atoms with Gasteiger partial charge in [-0.3, -0.25) is 6.58 Å². The Bertz CT molecular complexity index is 446. The fourth-order valence-electron chi connectivity index (χ4n) is 1.75. The van der Waals surface area contributed by atoms with Crippen LogP contribution in [0, 0.1) is 6.58 Å². The smallest absolute Gasteiger partial charge is 0.290 e. The minimum atomic E-state index is 0. The average Bonchev–Trinajstić information content (AvgIpc) is 3.12. The molecule has 0 amide bonds. The van der Waals surface area contributed by atoms with Crippen LogP contribution in [-0.4, -0.2) is 0 Å². The molecule has 0 spiro atoms. The molecule has 0 N–H and O–H groups in total. The van der Waals surface area contributed by atoms with Gasteiger partial charge in [0.2, 0.25) is 0 Å². The molecule has 0 unspecified atom stereocenters. The van der Waals surface area contributed by atoms with Crippen molar-refractivity contribution in [2.24, 2.45) is 0 Å². The number of hydrogen-bond acceptors (Lipinski definition) is 0. The maximum Gasteiger partial charge on any atom is 3.00 e. The predicted molar refractivity (Wildman–Crippen MR) is 95.7 cm³/mol. The molecule has 0 heterocycles. The van der Waals surface area contributed by atoms with E-state index in [9.17, 15) is 0 Å². The summed E-state index contributed by atoms with van der Waals surface area (Å²) >= 11 is 0. The summed E-state index contributed by atoms with van der Waals surface area (Å²) in [6.07, 6.45) is 4.26. The van der Waals surface area contributed by atoms with E-state index in [0.717, 1.165) is 18.4 Å². The normalized spacial score (nSPS) is 8.41. The van der Waals surface area contributed by atoms with Crippen molar-refractivity contribution in [3.8, 4) is 0 Å². The molecule has 0 saturated carbocycles. The van der Waals surface area contributed by atoms with Gasteiger partial charge in [-0.25, -0.2) is 35.9 Å². The van der Waals surface area contributed by atoms with Crippen LogP contribution in [0.4, 0.5) is 0 Å². The molecule has 0 aliphatic heterocycles. The summed E-state index contributed by atoms with van der Waals surface area (Å²) in [6, 6.07) is 16.8. The molecule has 2 aromatic carbocycles. The van der Waals surface area contributed by atoms with Gasteiger partial charge in [0.1, 0.15) is 0 Å². The van der Waals surface area contributed by atoms with Crippen LogP contribution >= 0.6 is 0 Å². The van der Waals surface area contributed by atoms with Crippen LogP contribution in [0.25, 0.3) is 0 Å². The minimum absolute atomic E-state index is 0. The Labute approximate surface area is 150 Å². The molecular formula is C21H29Ru. The van der Waals surface area contributed by atoms with Gasteiger partial charge in [-0.15, -0.1) is 0 Å². The Balaban J connectivity index is 0. The van der Waals surface area contributed by atoms with Gasteiger partial charge in [0.15, 0.2) is 0 Å². The molecule has 0 atom stereocenters. The summed E-state index contributed by atoms with van der Waals surface area (Å²) in [4.78, 5) is 0. The van der Waals surface area contributed by atoms with Gasteiger partial charge in [-0.2, -0.15) is 41.0 Å². The summed E-state index contributed by atoms with van der Waals surface area (Å²) < 4.78 is 0. The fraction of sp³-hybridized carbons (Fsp3) is 0.333. The third-order valence-electron chi connectivity index (χ3n) is 2.80. The molecule has 0 aromatic heterocycles. The molecule has 1 heteroatoms. The van der Waals surface area contributed by atoms with Crippen molar-refractivity contribution in [3.63, 3.8) is 0 Å². The van der Waals surface area contributed by atoms with Crippen molar-refractivity contribution in [1.82, 2.24) is 0 Å². The van der Waals surface area contributed by atoms with E-state index in [2.05, 4.69) is 62.4 Å². The number of rotatable bonds is 3. The Morgan fingerprint density at radius 2 is 1.14 bits per heavy atom. The Morgan fingerprint density at radius 3 is 1.23 bits per heavy atom. The summed E-state index contributed by atoms with van der Waals surface area (Å²) in [6.45, 7) is 15.6. The van der Waals surface area contributed by atoms with E-state index < -0.39 is 0 Å².